The zero-order valence-electron chi connectivity index (χ0n) is 12.0. The topological polar surface area (TPSA) is 63.3 Å². The zero-order valence-corrected chi connectivity index (χ0v) is 12.0. The van der Waals surface area contributed by atoms with Gasteiger partial charge in [-0.25, -0.2) is 4.79 Å². The molecule has 0 aliphatic heterocycles. The van der Waals surface area contributed by atoms with Crippen LogP contribution in [0.25, 0.3) is 0 Å². The third-order valence-corrected chi connectivity index (χ3v) is 4.78. The molecule has 3 heteroatoms. The molecule has 0 heterocycles. The van der Waals surface area contributed by atoms with Crippen LogP contribution >= 0.6 is 0 Å². The maximum Gasteiger partial charge on any atom is 0.336 e. The molecule has 3 N–H and O–H groups in total. The van der Waals surface area contributed by atoms with Crippen molar-refractivity contribution in [2.75, 3.05) is 0 Å². The molecule has 1 atom stereocenters. The molecule has 1 aliphatic rings. The second-order valence-electron chi connectivity index (χ2n) is 5.71. The van der Waals surface area contributed by atoms with Crippen molar-refractivity contribution in [3.8, 4) is 0 Å². The SMILES string of the molecule is CCC1(CC)CCC(N)c2c(C(=O)O)cc(C)cc21. The monoisotopic (exact) mass is 261 g/mol. The highest BCUT2D eigenvalue weighted by molar-refractivity contribution is 5.90. The Kier molecular flexibility index (Phi) is 3.68. The number of fused-ring (bicyclic) bond motifs is 1. The Balaban J connectivity index is 2.74. The van der Waals surface area contributed by atoms with E-state index in [1.165, 1.54) is 5.56 Å². The van der Waals surface area contributed by atoms with Gasteiger partial charge < -0.3 is 10.8 Å². The van der Waals surface area contributed by atoms with Crippen molar-refractivity contribution in [3.05, 3.63) is 34.4 Å². The summed E-state index contributed by atoms with van der Waals surface area (Å²) in [7, 11) is 0. The average molecular weight is 261 g/mol. The Hall–Kier alpha value is -1.35. The van der Waals surface area contributed by atoms with Crippen LogP contribution in [0.2, 0.25) is 0 Å². The van der Waals surface area contributed by atoms with E-state index in [1.54, 1.807) is 6.07 Å². The van der Waals surface area contributed by atoms with Gasteiger partial charge in [-0.1, -0.05) is 19.9 Å². The van der Waals surface area contributed by atoms with Crippen LogP contribution in [0.15, 0.2) is 12.1 Å². The Bertz CT molecular complexity index is 504. The lowest BCUT2D eigenvalue weighted by Gasteiger charge is -2.41. The third kappa shape index (κ3) is 2.16. The third-order valence-electron chi connectivity index (χ3n) is 4.78. The summed E-state index contributed by atoms with van der Waals surface area (Å²) in [6, 6.07) is 3.75. The smallest absolute Gasteiger partial charge is 0.336 e. The molecule has 0 fully saturated rings. The van der Waals surface area contributed by atoms with Crippen LogP contribution in [0.1, 0.15) is 72.6 Å². The molecule has 1 unspecified atom stereocenters. The van der Waals surface area contributed by atoms with Gasteiger partial charge in [-0.3, -0.25) is 0 Å². The first-order valence-electron chi connectivity index (χ1n) is 7.09. The fraction of sp³-hybridized carbons (Fsp3) is 0.562. The Morgan fingerprint density at radius 1 is 1.42 bits per heavy atom. The molecule has 0 spiro atoms. The van der Waals surface area contributed by atoms with Gasteiger partial charge in [-0.2, -0.15) is 0 Å². The molecule has 1 aromatic carbocycles. The normalized spacial score (nSPS) is 20.9. The van der Waals surface area contributed by atoms with Crippen molar-refractivity contribution in [1.29, 1.82) is 0 Å². The lowest BCUT2D eigenvalue weighted by Crippen LogP contribution is -2.35. The van der Waals surface area contributed by atoms with Crippen molar-refractivity contribution >= 4 is 5.97 Å². The largest absolute Gasteiger partial charge is 0.478 e. The predicted molar refractivity (Wildman–Crippen MR) is 76.6 cm³/mol. The molecule has 1 aromatic rings. The number of benzene rings is 1. The van der Waals surface area contributed by atoms with Gasteiger partial charge in [0.15, 0.2) is 0 Å². The van der Waals surface area contributed by atoms with Gasteiger partial charge in [-0.05, 0) is 60.8 Å². The molecular weight excluding hydrogens is 238 g/mol. The standard InChI is InChI=1S/C16H23NO2/c1-4-16(5-2)7-6-13(17)14-11(15(18)19)8-10(3)9-12(14)16/h8-9,13H,4-7,17H2,1-3H3,(H,18,19). The number of nitrogens with two attached hydrogens (primary N) is 1. The van der Waals surface area contributed by atoms with E-state index >= 15 is 0 Å². The summed E-state index contributed by atoms with van der Waals surface area (Å²) >= 11 is 0. The molecule has 104 valence electrons. The number of hydrogen-bond acceptors (Lipinski definition) is 2. The van der Waals surface area contributed by atoms with E-state index in [0.717, 1.165) is 36.8 Å². The van der Waals surface area contributed by atoms with Crippen molar-refractivity contribution in [1.82, 2.24) is 0 Å². The maximum absolute atomic E-state index is 11.5. The molecule has 0 radical (unpaired) electrons. The minimum Gasteiger partial charge on any atom is -0.478 e. The van der Waals surface area contributed by atoms with Crippen LogP contribution in [0, 0.1) is 6.92 Å². The van der Waals surface area contributed by atoms with Crippen molar-refractivity contribution in [2.24, 2.45) is 5.73 Å². The zero-order chi connectivity index (χ0) is 14.2. The van der Waals surface area contributed by atoms with Gasteiger partial charge in [0.25, 0.3) is 0 Å². The first-order valence-corrected chi connectivity index (χ1v) is 7.09. The van der Waals surface area contributed by atoms with Gasteiger partial charge in [0.05, 0.1) is 5.56 Å². The van der Waals surface area contributed by atoms with E-state index in [-0.39, 0.29) is 11.5 Å². The fourth-order valence-corrected chi connectivity index (χ4v) is 3.51. The van der Waals surface area contributed by atoms with E-state index in [1.807, 2.05) is 6.92 Å². The molecule has 0 amide bonds. The number of aryl methyl sites for hydroxylation is 1. The first-order chi connectivity index (χ1) is 8.95. The Labute approximate surface area is 114 Å². The van der Waals surface area contributed by atoms with Crippen molar-refractivity contribution in [2.45, 2.75) is 57.9 Å². The van der Waals surface area contributed by atoms with Crippen LogP contribution in [-0.2, 0) is 5.41 Å². The highest BCUT2D eigenvalue weighted by Crippen LogP contribution is 2.46. The van der Waals surface area contributed by atoms with Crippen LogP contribution < -0.4 is 5.73 Å². The molecular formula is C16H23NO2. The van der Waals surface area contributed by atoms with Crippen LogP contribution in [-0.4, -0.2) is 11.1 Å². The number of carbonyl (C=O) groups is 1. The Morgan fingerprint density at radius 2 is 2.05 bits per heavy atom. The molecule has 0 saturated carbocycles. The highest BCUT2D eigenvalue weighted by Gasteiger charge is 2.38. The average Bonchev–Trinajstić information content (AvgIpc) is 2.39. The first kappa shape index (κ1) is 14.1. The number of carboxylic acid groups (broad SMARTS) is 1. The summed E-state index contributed by atoms with van der Waals surface area (Å²) in [5.74, 6) is -0.863. The number of aromatic carboxylic acids is 1. The summed E-state index contributed by atoms with van der Waals surface area (Å²) in [4.78, 5) is 11.5. The lowest BCUT2D eigenvalue weighted by atomic mass is 9.64. The lowest BCUT2D eigenvalue weighted by molar-refractivity contribution is 0.0694. The van der Waals surface area contributed by atoms with Gasteiger partial charge in [0.1, 0.15) is 0 Å². The summed E-state index contributed by atoms with van der Waals surface area (Å²) < 4.78 is 0. The predicted octanol–water partition coefficient (Wildman–Crippen LogP) is 3.54. The van der Waals surface area contributed by atoms with E-state index < -0.39 is 5.97 Å². The minimum atomic E-state index is -0.863. The van der Waals surface area contributed by atoms with Gasteiger partial charge in [-0.15, -0.1) is 0 Å². The summed E-state index contributed by atoms with van der Waals surface area (Å²) in [6.07, 6.45) is 3.99. The van der Waals surface area contributed by atoms with E-state index in [4.69, 9.17) is 5.73 Å². The van der Waals surface area contributed by atoms with E-state index in [2.05, 4.69) is 19.9 Å². The molecule has 19 heavy (non-hydrogen) atoms. The van der Waals surface area contributed by atoms with E-state index in [0.29, 0.717) is 5.56 Å². The number of hydrogen-bond donors (Lipinski definition) is 2. The van der Waals surface area contributed by atoms with Crippen molar-refractivity contribution < 1.29 is 9.90 Å². The summed E-state index contributed by atoms with van der Waals surface area (Å²) in [5.41, 5.74) is 9.75. The van der Waals surface area contributed by atoms with Crippen LogP contribution in [0.5, 0.6) is 0 Å². The number of rotatable bonds is 3. The molecule has 0 bridgehead atoms. The van der Waals surface area contributed by atoms with Crippen LogP contribution in [0.4, 0.5) is 0 Å². The molecule has 2 rings (SSSR count). The summed E-state index contributed by atoms with van der Waals surface area (Å²) in [5, 5.41) is 9.44. The second kappa shape index (κ2) is 4.97. The molecule has 1 aliphatic carbocycles. The highest BCUT2D eigenvalue weighted by atomic mass is 16.4. The maximum atomic E-state index is 11.5. The van der Waals surface area contributed by atoms with E-state index in [9.17, 15) is 9.90 Å². The Morgan fingerprint density at radius 3 is 2.58 bits per heavy atom. The second-order valence-corrected chi connectivity index (χ2v) is 5.71. The van der Waals surface area contributed by atoms with Crippen molar-refractivity contribution in [3.63, 3.8) is 0 Å². The van der Waals surface area contributed by atoms with Gasteiger partial charge >= 0.3 is 5.97 Å². The van der Waals surface area contributed by atoms with Gasteiger partial charge in [0.2, 0.25) is 0 Å². The molecule has 0 aromatic heterocycles. The van der Waals surface area contributed by atoms with Crippen LogP contribution in [0.3, 0.4) is 0 Å². The molecule has 0 saturated heterocycles. The quantitative estimate of drug-likeness (QED) is 0.874. The fourth-order valence-electron chi connectivity index (χ4n) is 3.51. The van der Waals surface area contributed by atoms with Gasteiger partial charge in [0, 0.05) is 6.04 Å². The minimum absolute atomic E-state index is 0.0986. The summed E-state index contributed by atoms with van der Waals surface area (Å²) in [6.45, 7) is 6.34. The molecule has 3 nitrogen and oxygen atoms in total. The number of carboxylic acids is 1.